The molecule has 1 unspecified atom stereocenters. The Hall–Kier alpha value is -1.92. The predicted octanol–water partition coefficient (Wildman–Crippen LogP) is 2.63. The first-order valence-electron chi connectivity index (χ1n) is 6.88. The number of benzene rings is 1. The van der Waals surface area contributed by atoms with Gasteiger partial charge in [0.15, 0.2) is 5.13 Å². The van der Waals surface area contributed by atoms with Crippen molar-refractivity contribution in [3.8, 4) is 0 Å². The Morgan fingerprint density at radius 1 is 1.38 bits per heavy atom. The molecule has 1 aromatic heterocycles. The molecule has 3 N–H and O–H groups in total. The van der Waals surface area contributed by atoms with Crippen molar-refractivity contribution in [2.75, 3.05) is 11.9 Å². The van der Waals surface area contributed by atoms with Crippen molar-refractivity contribution in [1.29, 1.82) is 0 Å². The Morgan fingerprint density at radius 3 is 2.81 bits per heavy atom. The second-order valence-corrected chi connectivity index (χ2v) is 5.55. The van der Waals surface area contributed by atoms with E-state index in [0.717, 1.165) is 12.1 Å². The highest BCUT2D eigenvalue weighted by molar-refractivity contribution is 7.13. The molecule has 0 fully saturated rings. The minimum absolute atomic E-state index is 0.0684. The van der Waals surface area contributed by atoms with Gasteiger partial charge in [0.2, 0.25) is 0 Å². The van der Waals surface area contributed by atoms with Gasteiger partial charge in [-0.1, -0.05) is 37.3 Å². The lowest BCUT2D eigenvalue weighted by atomic mass is 10.1. The number of aliphatic hydroxyl groups excluding tert-OH is 1. The van der Waals surface area contributed by atoms with E-state index < -0.39 is 0 Å². The van der Waals surface area contributed by atoms with E-state index in [1.807, 2.05) is 42.6 Å². The lowest BCUT2D eigenvalue weighted by Crippen LogP contribution is -2.39. The normalized spacial score (nSPS) is 11.9. The molecule has 2 amide bonds. The van der Waals surface area contributed by atoms with Gasteiger partial charge >= 0.3 is 6.03 Å². The van der Waals surface area contributed by atoms with Gasteiger partial charge in [-0.3, -0.25) is 5.32 Å². The molecule has 21 heavy (non-hydrogen) atoms. The van der Waals surface area contributed by atoms with Gasteiger partial charge in [-0.15, -0.1) is 11.3 Å². The molecule has 0 aliphatic rings. The number of thiazole rings is 1. The molecule has 0 saturated carbocycles. The molecule has 5 nitrogen and oxygen atoms in total. The zero-order chi connectivity index (χ0) is 15.1. The van der Waals surface area contributed by atoms with E-state index >= 15 is 0 Å². The number of aliphatic hydroxyl groups is 1. The fraction of sp³-hybridized carbons (Fsp3) is 0.333. The maximum absolute atomic E-state index is 11.7. The van der Waals surface area contributed by atoms with E-state index in [2.05, 4.69) is 15.6 Å². The molecule has 1 atom stereocenters. The van der Waals surface area contributed by atoms with Crippen LogP contribution in [0.1, 0.15) is 24.6 Å². The van der Waals surface area contributed by atoms with Crippen molar-refractivity contribution >= 4 is 22.5 Å². The van der Waals surface area contributed by atoms with Crippen LogP contribution in [0.25, 0.3) is 0 Å². The minimum Gasteiger partial charge on any atom is -0.394 e. The average Bonchev–Trinajstić information content (AvgIpc) is 2.92. The summed E-state index contributed by atoms with van der Waals surface area (Å²) in [5.41, 5.74) is 2.11. The monoisotopic (exact) mass is 305 g/mol. The molecule has 0 aliphatic heterocycles. The molecule has 2 rings (SSSR count). The Bertz CT molecular complexity index is 567. The molecule has 0 saturated heterocycles. The first kappa shape index (κ1) is 15.5. The zero-order valence-corrected chi connectivity index (χ0v) is 12.7. The highest BCUT2D eigenvalue weighted by Gasteiger charge is 2.11. The Kier molecular flexibility index (Phi) is 5.71. The number of carbonyl (C=O) groups excluding carboxylic acids is 1. The van der Waals surface area contributed by atoms with Crippen LogP contribution >= 0.6 is 11.3 Å². The number of carbonyl (C=O) groups is 1. The molecular formula is C15H19N3O2S. The largest absolute Gasteiger partial charge is 0.394 e. The van der Waals surface area contributed by atoms with Crippen LogP contribution in [-0.2, 0) is 6.42 Å². The summed E-state index contributed by atoms with van der Waals surface area (Å²) in [6.45, 7) is 1.84. The Balaban J connectivity index is 1.89. The van der Waals surface area contributed by atoms with E-state index in [-0.39, 0.29) is 18.7 Å². The van der Waals surface area contributed by atoms with E-state index in [0.29, 0.717) is 11.6 Å². The quantitative estimate of drug-likeness (QED) is 0.768. The molecule has 2 aromatic rings. The van der Waals surface area contributed by atoms with Crippen LogP contribution in [0.3, 0.4) is 0 Å². The van der Waals surface area contributed by atoms with Crippen LogP contribution in [0.15, 0.2) is 35.7 Å². The standard InChI is InChI=1S/C15H19N3O2S/c1-2-12(9-19)16-14(20)18-15-17-13(10-21-15)8-11-6-4-3-5-7-11/h3-7,10,12,19H,2,8-9H2,1H3,(H2,16,17,18,20). The first-order chi connectivity index (χ1) is 10.2. The van der Waals surface area contributed by atoms with Gasteiger partial charge in [-0.25, -0.2) is 9.78 Å². The summed E-state index contributed by atoms with van der Waals surface area (Å²) in [6.07, 6.45) is 1.43. The van der Waals surface area contributed by atoms with E-state index in [9.17, 15) is 4.79 Å². The van der Waals surface area contributed by atoms with Gasteiger partial charge in [0, 0.05) is 11.8 Å². The number of nitrogens with zero attached hydrogens (tertiary/aromatic N) is 1. The number of hydrogen-bond acceptors (Lipinski definition) is 4. The third-order valence-corrected chi connectivity index (χ3v) is 3.86. The summed E-state index contributed by atoms with van der Waals surface area (Å²) in [5, 5.41) is 16.9. The molecule has 6 heteroatoms. The summed E-state index contributed by atoms with van der Waals surface area (Å²) in [5.74, 6) is 0. The van der Waals surface area contributed by atoms with Crippen LogP contribution in [0.2, 0.25) is 0 Å². The molecule has 1 aromatic carbocycles. The summed E-state index contributed by atoms with van der Waals surface area (Å²) < 4.78 is 0. The van der Waals surface area contributed by atoms with Crippen LogP contribution in [0.4, 0.5) is 9.93 Å². The third-order valence-electron chi connectivity index (χ3n) is 3.05. The lowest BCUT2D eigenvalue weighted by molar-refractivity contribution is 0.222. The van der Waals surface area contributed by atoms with Gasteiger partial charge in [0.25, 0.3) is 0 Å². The van der Waals surface area contributed by atoms with Crippen molar-refractivity contribution in [2.45, 2.75) is 25.8 Å². The molecular weight excluding hydrogens is 286 g/mol. The summed E-state index contributed by atoms with van der Waals surface area (Å²) in [6, 6.07) is 9.50. The molecule has 0 bridgehead atoms. The van der Waals surface area contributed by atoms with Crippen LogP contribution in [0.5, 0.6) is 0 Å². The van der Waals surface area contributed by atoms with Gasteiger partial charge in [0.05, 0.1) is 18.3 Å². The average molecular weight is 305 g/mol. The van der Waals surface area contributed by atoms with E-state index in [1.165, 1.54) is 16.9 Å². The number of nitrogens with one attached hydrogen (secondary N) is 2. The van der Waals surface area contributed by atoms with Crippen molar-refractivity contribution in [2.24, 2.45) is 0 Å². The summed E-state index contributed by atoms with van der Waals surface area (Å²) in [7, 11) is 0. The van der Waals surface area contributed by atoms with Crippen molar-refractivity contribution in [3.05, 3.63) is 47.0 Å². The van der Waals surface area contributed by atoms with Crippen LogP contribution < -0.4 is 10.6 Å². The fourth-order valence-corrected chi connectivity index (χ4v) is 2.55. The first-order valence-corrected chi connectivity index (χ1v) is 7.76. The van der Waals surface area contributed by atoms with Crippen molar-refractivity contribution < 1.29 is 9.90 Å². The third kappa shape index (κ3) is 4.84. The maximum atomic E-state index is 11.7. The van der Waals surface area contributed by atoms with Crippen molar-refractivity contribution in [1.82, 2.24) is 10.3 Å². The Morgan fingerprint density at radius 2 is 2.14 bits per heavy atom. The maximum Gasteiger partial charge on any atom is 0.321 e. The van der Waals surface area contributed by atoms with Crippen molar-refractivity contribution in [3.63, 3.8) is 0 Å². The SMILES string of the molecule is CCC(CO)NC(=O)Nc1nc(Cc2ccccc2)cs1. The topological polar surface area (TPSA) is 74.2 Å². The summed E-state index contributed by atoms with van der Waals surface area (Å²) in [4.78, 5) is 16.1. The highest BCUT2D eigenvalue weighted by atomic mass is 32.1. The molecule has 0 radical (unpaired) electrons. The van der Waals surface area contributed by atoms with Gasteiger partial charge < -0.3 is 10.4 Å². The Labute approximate surface area is 128 Å². The second kappa shape index (κ2) is 7.75. The molecule has 1 heterocycles. The van der Waals surface area contributed by atoms with E-state index in [1.54, 1.807) is 0 Å². The lowest BCUT2D eigenvalue weighted by Gasteiger charge is -2.13. The van der Waals surface area contributed by atoms with Gasteiger partial charge in [-0.2, -0.15) is 0 Å². The van der Waals surface area contributed by atoms with Crippen LogP contribution in [0, 0.1) is 0 Å². The smallest absolute Gasteiger partial charge is 0.321 e. The highest BCUT2D eigenvalue weighted by Crippen LogP contribution is 2.18. The zero-order valence-electron chi connectivity index (χ0n) is 11.9. The number of rotatable bonds is 6. The van der Waals surface area contributed by atoms with Gasteiger partial charge in [-0.05, 0) is 12.0 Å². The molecule has 0 spiro atoms. The van der Waals surface area contributed by atoms with E-state index in [4.69, 9.17) is 5.11 Å². The number of anilines is 1. The second-order valence-electron chi connectivity index (χ2n) is 4.69. The summed E-state index contributed by atoms with van der Waals surface area (Å²) >= 11 is 1.39. The minimum atomic E-state index is -0.337. The van der Waals surface area contributed by atoms with Crippen LogP contribution in [-0.4, -0.2) is 28.8 Å². The number of aromatic nitrogens is 1. The number of urea groups is 1. The fourth-order valence-electron chi connectivity index (χ4n) is 1.85. The molecule has 0 aliphatic carbocycles. The van der Waals surface area contributed by atoms with Gasteiger partial charge in [0.1, 0.15) is 0 Å². The number of hydrogen-bond donors (Lipinski definition) is 3. The predicted molar refractivity (Wildman–Crippen MR) is 84.7 cm³/mol. The molecule has 112 valence electrons. The number of amides is 2.